The highest BCUT2D eigenvalue weighted by atomic mass is 79.9. The van der Waals surface area contributed by atoms with Crippen molar-refractivity contribution in [2.45, 2.75) is 24.9 Å². The highest BCUT2D eigenvalue weighted by Gasteiger charge is 2.14. The maximum Gasteiger partial charge on any atom is 0.257 e. The van der Waals surface area contributed by atoms with Crippen molar-refractivity contribution >= 4 is 46.5 Å². The molecule has 0 aliphatic rings. The second-order valence-electron chi connectivity index (χ2n) is 7.88. The van der Waals surface area contributed by atoms with E-state index in [9.17, 15) is 13.6 Å². The number of nitrogens with one attached hydrogen (secondary N) is 1. The molecule has 3 aromatic heterocycles. The summed E-state index contributed by atoms with van der Waals surface area (Å²) in [6.07, 6.45) is 3.01. The molecule has 13 heteroatoms. The number of aliphatic imine (C=N–C) groups is 1. The fourth-order valence-corrected chi connectivity index (χ4v) is 4.51. The average Bonchev–Trinajstić information content (AvgIpc) is 3.39. The van der Waals surface area contributed by atoms with Gasteiger partial charge in [-0.15, -0.1) is 0 Å². The van der Waals surface area contributed by atoms with Gasteiger partial charge in [0.15, 0.2) is 12.1 Å². The molecular weight excluding hydrogens is 592 g/mol. The molecule has 1 N–H and O–H groups in total. The monoisotopic (exact) mass is 617 g/mol. The van der Waals surface area contributed by atoms with Crippen molar-refractivity contribution in [3.63, 3.8) is 0 Å². The van der Waals surface area contributed by atoms with E-state index in [1.54, 1.807) is 36.7 Å². The smallest absolute Gasteiger partial charge is 0.257 e. The SMILES string of the molecule is C=Nc1ncc(Br)nc1SCNC.COc1cnc(C)cc1-c1cc(-c2ccn(CC(F)F)n2)ccc1C=O. The summed E-state index contributed by atoms with van der Waals surface area (Å²) in [6.45, 7) is 4.81. The molecule has 204 valence electrons. The summed E-state index contributed by atoms with van der Waals surface area (Å²) in [5, 5.41) is 7.96. The Bertz CT molecular complexity index is 1440. The van der Waals surface area contributed by atoms with Gasteiger partial charge in [0.2, 0.25) is 0 Å². The molecule has 1 aromatic carbocycles. The Morgan fingerprint density at radius 1 is 1.23 bits per heavy atom. The Kier molecular flexibility index (Phi) is 11.2. The molecule has 0 fully saturated rings. The molecule has 0 atom stereocenters. The number of hydrogen-bond acceptors (Lipinski definition) is 9. The summed E-state index contributed by atoms with van der Waals surface area (Å²) >= 11 is 4.79. The van der Waals surface area contributed by atoms with Gasteiger partial charge >= 0.3 is 0 Å². The third-order valence-corrected chi connectivity index (χ3v) is 6.51. The second kappa shape index (κ2) is 14.6. The standard InChI is InChI=1S/C19H17F2N3O2.C7H9BrN4S/c1-12-7-16(18(26-2)9-22-12)15-8-13(3-4-14(15)11-25)17-5-6-24(23-17)10-19(20)21;1-9-4-13-7-6(10-2)11-3-5(8)12-7/h3-9,11,19H,10H2,1-2H3;3,9H,2,4H2,1H3. The first-order chi connectivity index (χ1) is 18.8. The lowest BCUT2D eigenvalue weighted by Gasteiger charge is -2.12. The maximum absolute atomic E-state index is 12.5. The Morgan fingerprint density at radius 3 is 2.69 bits per heavy atom. The molecule has 4 aromatic rings. The number of thioether (sulfide) groups is 1. The molecule has 0 aliphatic carbocycles. The van der Waals surface area contributed by atoms with Crippen LogP contribution in [0.25, 0.3) is 22.4 Å². The Labute approximate surface area is 237 Å². The first-order valence-electron chi connectivity index (χ1n) is 11.5. The van der Waals surface area contributed by atoms with Gasteiger partial charge in [-0.25, -0.2) is 23.7 Å². The molecule has 39 heavy (non-hydrogen) atoms. The van der Waals surface area contributed by atoms with Crippen LogP contribution in [0.5, 0.6) is 5.75 Å². The number of aldehydes is 1. The van der Waals surface area contributed by atoms with E-state index in [4.69, 9.17) is 4.74 Å². The van der Waals surface area contributed by atoms with E-state index in [0.29, 0.717) is 33.0 Å². The van der Waals surface area contributed by atoms with E-state index in [2.05, 4.69) is 53.0 Å². The van der Waals surface area contributed by atoms with Crippen LogP contribution in [0.4, 0.5) is 14.6 Å². The molecule has 0 spiro atoms. The maximum atomic E-state index is 12.5. The summed E-state index contributed by atoms with van der Waals surface area (Å²) in [5.74, 6) is 1.88. The van der Waals surface area contributed by atoms with Crippen LogP contribution in [-0.2, 0) is 6.54 Å². The van der Waals surface area contributed by atoms with Crippen LogP contribution in [0, 0.1) is 6.92 Å². The lowest BCUT2D eigenvalue weighted by atomic mass is 9.96. The average molecular weight is 619 g/mol. The van der Waals surface area contributed by atoms with Crippen molar-refractivity contribution in [1.29, 1.82) is 0 Å². The zero-order valence-electron chi connectivity index (χ0n) is 21.4. The number of carbonyl (C=O) groups is 1. The number of nitrogens with zero attached hydrogens (tertiary/aromatic N) is 6. The quantitative estimate of drug-likeness (QED) is 0.102. The van der Waals surface area contributed by atoms with Gasteiger partial charge in [0.25, 0.3) is 6.43 Å². The number of pyridine rings is 1. The minimum Gasteiger partial charge on any atom is -0.494 e. The van der Waals surface area contributed by atoms with Crippen LogP contribution < -0.4 is 10.1 Å². The van der Waals surface area contributed by atoms with Crippen LogP contribution >= 0.6 is 27.7 Å². The van der Waals surface area contributed by atoms with Crippen molar-refractivity contribution < 1.29 is 18.3 Å². The van der Waals surface area contributed by atoms with Gasteiger partial charge in [-0.05, 0) is 60.4 Å². The molecule has 0 radical (unpaired) electrons. The van der Waals surface area contributed by atoms with Crippen molar-refractivity contribution in [3.8, 4) is 28.1 Å². The van der Waals surface area contributed by atoms with Gasteiger partial charge in [-0.3, -0.25) is 14.5 Å². The number of carbonyl (C=O) groups excluding carboxylic acids is 1. The number of rotatable bonds is 10. The predicted molar refractivity (Wildman–Crippen MR) is 152 cm³/mol. The van der Waals surface area contributed by atoms with Gasteiger partial charge < -0.3 is 10.1 Å². The summed E-state index contributed by atoms with van der Waals surface area (Å²) in [4.78, 5) is 27.8. The van der Waals surface area contributed by atoms with Crippen molar-refractivity contribution in [1.82, 2.24) is 30.0 Å². The summed E-state index contributed by atoms with van der Waals surface area (Å²) in [7, 11) is 3.41. The van der Waals surface area contributed by atoms with Crippen LogP contribution in [0.15, 0.2) is 63.5 Å². The highest BCUT2D eigenvalue weighted by molar-refractivity contribution is 9.10. The van der Waals surface area contributed by atoms with Gasteiger partial charge in [-0.2, -0.15) is 5.10 Å². The van der Waals surface area contributed by atoms with E-state index in [0.717, 1.165) is 34.0 Å². The normalized spacial score (nSPS) is 10.6. The fraction of sp³-hybridized carbons (Fsp3) is 0.231. The molecule has 0 bridgehead atoms. The lowest BCUT2D eigenvalue weighted by Crippen LogP contribution is -2.06. The number of halogens is 3. The topological polar surface area (TPSA) is 107 Å². The molecule has 0 saturated heterocycles. The van der Waals surface area contributed by atoms with Crippen molar-refractivity contribution in [3.05, 3.63) is 64.8 Å². The lowest BCUT2D eigenvalue weighted by molar-refractivity contribution is 0.112. The number of alkyl halides is 2. The van der Waals surface area contributed by atoms with E-state index < -0.39 is 13.0 Å². The number of aromatic nitrogens is 5. The van der Waals surface area contributed by atoms with Crippen LogP contribution in [0.2, 0.25) is 0 Å². The summed E-state index contributed by atoms with van der Waals surface area (Å²) in [5.41, 5.74) is 3.94. The van der Waals surface area contributed by atoms with E-state index in [-0.39, 0.29) is 0 Å². The number of methoxy groups -OCH3 is 1. The molecule has 0 aliphatic heterocycles. The predicted octanol–water partition coefficient (Wildman–Crippen LogP) is 5.85. The van der Waals surface area contributed by atoms with Crippen LogP contribution in [-0.4, -0.2) is 64.2 Å². The Morgan fingerprint density at radius 2 is 2.03 bits per heavy atom. The molecule has 0 saturated carbocycles. The third-order valence-electron chi connectivity index (χ3n) is 5.15. The molecule has 0 unspecified atom stereocenters. The number of aryl methyl sites for hydroxylation is 1. The highest BCUT2D eigenvalue weighted by Crippen LogP contribution is 2.34. The van der Waals surface area contributed by atoms with Gasteiger partial charge in [0, 0.05) is 34.5 Å². The number of hydrogen-bond donors (Lipinski definition) is 1. The van der Waals surface area contributed by atoms with Gasteiger partial charge in [-0.1, -0.05) is 23.9 Å². The fourth-order valence-electron chi connectivity index (χ4n) is 3.42. The molecule has 9 nitrogen and oxygen atoms in total. The number of benzene rings is 1. The number of ether oxygens (including phenoxy) is 1. The van der Waals surface area contributed by atoms with E-state index in [1.807, 2.05) is 20.0 Å². The molecular formula is C26H26BrF2N7O2S. The zero-order chi connectivity index (χ0) is 28.4. The zero-order valence-corrected chi connectivity index (χ0v) is 23.8. The largest absolute Gasteiger partial charge is 0.494 e. The van der Waals surface area contributed by atoms with E-state index >= 15 is 0 Å². The van der Waals surface area contributed by atoms with Gasteiger partial charge in [0.05, 0.1) is 25.2 Å². The minimum absolute atomic E-state index is 0.462. The van der Waals surface area contributed by atoms with Crippen molar-refractivity contribution in [2.75, 3.05) is 20.0 Å². The molecule has 0 amide bonds. The van der Waals surface area contributed by atoms with Gasteiger partial charge in [0.1, 0.15) is 21.9 Å². The Balaban J connectivity index is 0.000000272. The summed E-state index contributed by atoms with van der Waals surface area (Å²) < 4.78 is 32.3. The van der Waals surface area contributed by atoms with Crippen LogP contribution in [0.3, 0.4) is 0 Å². The molecule has 3 heterocycles. The third kappa shape index (κ3) is 8.22. The van der Waals surface area contributed by atoms with E-state index in [1.165, 1.54) is 29.8 Å². The first kappa shape index (κ1) is 30.0. The minimum atomic E-state index is -2.47. The molecule has 4 rings (SSSR count). The first-order valence-corrected chi connectivity index (χ1v) is 13.3. The second-order valence-corrected chi connectivity index (χ2v) is 9.66. The Hall–Kier alpha value is -3.55. The van der Waals surface area contributed by atoms with Crippen molar-refractivity contribution in [2.24, 2.45) is 4.99 Å². The summed E-state index contributed by atoms with van der Waals surface area (Å²) in [6, 6.07) is 8.72. The van der Waals surface area contributed by atoms with Crippen LogP contribution in [0.1, 0.15) is 16.1 Å².